The molecule has 24 heavy (non-hydrogen) atoms. The van der Waals surface area contributed by atoms with Gasteiger partial charge < -0.3 is 5.32 Å². The first-order valence-corrected chi connectivity index (χ1v) is 9.79. The molecular weight excluding hydrogens is 328 g/mol. The van der Waals surface area contributed by atoms with Crippen molar-refractivity contribution in [1.82, 2.24) is 19.5 Å². The van der Waals surface area contributed by atoms with E-state index >= 15 is 0 Å². The smallest absolute Gasteiger partial charge is 0.228 e. The molecular formula is C16H24N4O3S. The molecule has 0 aromatic carbocycles. The number of piperidine rings is 1. The van der Waals surface area contributed by atoms with Crippen molar-refractivity contribution in [2.24, 2.45) is 5.41 Å². The normalized spacial score (nSPS) is 30.5. The van der Waals surface area contributed by atoms with Gasteiger partial charge in [0.25, 0.3) is 0 Å². The number of carbonyl (C=O) groups excluding carboxylic acids is 1. The molecule has 1 aromatic rings. The Labute approximate surface area is 143 Å². The van der Waals surface area contributed by atoms with Crippen LogP contribution in [0, 0.1) is 5.41 Å². The van der Waals surface area contributed by atoms with E-state index in [0.29, 0.717) is 19.4 Å². The molecule has 0 unspecified atom stereocenters. The van der Waals surface area contributed by atoms with Crippen LogP contribution >= 0.6 is 0 Å². The molecule has 1 N–H and O–H groups in total. The Morgan fingerprint density at radius 2 is 2.29 bits per heavy atom. The quantitative estimate of drug-likeness (QED) is 0.831. The van der Waals surface area contributed by atoms with Crippen LogP contribution in [0.3, 0.4) is 0 Å². The minimum Gasteiger partial charge on any atom is -0.359 e. The van der Waals surface area contributed by atoms with Crippen molar-refractivity contribution >= 4 is 15.9 Å². The number of nitrogens with zero attached hydrogens (tertiary/aromatic N) is 3. The Hall–Kier alpha value is -1.51. The minimum atomic E-state index is -3.26. The van der Waals surface area contributed by atoms with Crippen LogP contribution in [0.1, 0.15) is 18.4 Å². The number of hydrogen-bond acceptors (Lipinski definition) is 5. The number of likely N-dealkylation sites (tertiary alicyclic amines) is 1. The highest BCUT2D eigenvalue weighted by Crippen LogP contribution is 2.42. The topological polar surface area (TPSA) is 82.6 Å². The summed E-state index contributed by atoms with van der Waals surface area (Å²) in [7, 11) is -0.0361. The zero-order chi connectivity index (χ0) is 17.4. The Morgan fingerprint density at radius 1 is 1.50 bits per heavy atom. The van der Waals surface area contributed by atoms with E-state index in [-0.39, 0.29) is 17.7 Å². The highest BCUT2D eigenvalue weighted by atomic mass is 32.2. The standard InChI is InChI=1S/C16H24N4O3S/c1-17-15(21)16-6-9-24(22,23)19(2)14(16)5-8-20(12-16)11-13-4-3-7-18-10-13/h3-4,7,10,14H,5-6,8-9,11-12H2,1-2H3,(H,17,21)/t14-,16+/m1/s1. The van der Waals surface area contributed by atoms with Gasteiger partial charge in [-0.3, -0.25) is 14.7 Å². The van der Waals surface area contributed by atoms with Crippen LogP contribution in [-0.4, -0.2) is 67.5 Å². The van der Waals surface area contributed by atoms with Crippen LogP contribution < -0.4 is 5.32 Å². The second kappa shape index (κ2) is 6.42. The van der Waals surface area contributed by atoms with Gasteiger partial charge in [0.15, 0.2) is 0 Å². The number of hydrogen-bond donors (Lipinski definition) is 1. The van der Waals surface area contributed by atoms with Crippen molar-refractivity contribution in [3.05, 3.63) is 30.1 Å². The van der Waals surface area contributed by atoms with Crippen molar-refractivity contribution in [2.45, 2.75) is 25.4 Å². The molecule has 0 radical (unpaired) electrons. The van der Waals surface area contributed by atoms with Crippen LogP contribution in [0.4, 0.5) is 0 Å². The van der Waals surface area contributed by atoms with E-state index in [1.807, 2.05) is 18.3 Å². The van der Waals surface area contributed by atoms with Gasteiger partial charge in [0.2, 0.25) is 15.9 Å². The van der Waals surface area contributed by atoms with E-state index in [1.165, 1.54) is 4.31 Å². The number of aromatic nitrogens is 1. The number of fused-ring (bicyclic) bond motifs is 1. The highest BCUT2D eigenvalue weighted by molar-refractivity contribution is 7.89. The molecule has 1 amide bonds. The first-order chi connectivity index (χ1) is 11.4. The maximum Gasteiger partial charge on any atom is 0.228 e. The van der Waals surface area contributed by atoms with E-state index in [9.17, 15) is 13.2 Å². The van der Waals surface area contributed by atoms with Gasteiger partial charge >= 0.3 is 0 Å². The summed E-state index contributed by atoms with van der Waals surface area (Å²) in [6.07, 6.45) is 4.59. The zero-order valence-corrected chi connectivity index (χ0v) is 14.9. The third kappa shape index (κ3) is 2.94. The molecule has 0 aliphatic carbocycles. The molecule has 0 saturated carbocycles. The predicted molar refractivity (Wildman–Crippen MR) is 90.6 cm³/mol. The second-order valence-corrected chi connectivity index (χ2v) is 8.84. The molecule has 2 saturated heterocycles. The molecule has 3 heterocycles. The van der Waals surface area contributed by atoms with Crippen LogP contribution in [-0.2, 0) is 21.4 Å². The SMILES string of the molecule is CNC(=O)[C@]12CCS(=O)(=O)N(C)[C@@H]1CCN(Cc1cccnc1)C2. The summed E-state index contributed by atoms with van der Waals surface area (Å²) in [4.78, 5) is 19.1. The first kappa shape index (κ1) is 17.3. The van der Waals surface area contributed by atoms with Crippen LogP contribution in [0.15, 0.2) is 24.5 Å². The Kier molecular flexibility index (Phi) is 4.63. The molecule has 0 spiro atoms. The lowest BCUT2D eigenvalue weighted by atomic mass is 9.72. The van der Waals surface area contributed by atoms with Gasteiger partial charge in [-0.2, -0.15) is 0 Å². The summed E-state index contributed by atoms with van der Waals surface area (Å²) in [5.74, 6) is -0.0427. The highest BCUT2D eigenvalue weighted by Gasteiger charge is 2.55. The van der Waals surface area contributed by atoms with Gasteiger partial charge in [-0.25, -0.2) is 12.7 Å². The third-order valence-electron chi connectivity index (χ3n) is 5.35. The van der Waals surface area contributed by atoms with E-state index in [4.69, 9.17) is 0 Å². The second-order valence-electron chi connectivity index (χ2n) is 6.69. The molecule has 8 heteroatoms. The lowest BCUT2D eigenvalue weighted by molar-refractivity contribution is -0.139. The maximum absolute atomic E-state index is 12.7. The largest absolute Gasteiger partial charge is 0.359 e. The zero-order valence-electron chi connectivity index (χ0n) is 14.1. The Bertz CT molecular complexity index is 709. The van der Waals surface area contributed by atoms with Gasteiger partial charge in [0.1, 0.15) is 0 Å². The first-order valence-electron chi connectivity index (χ1n) is 8.18. The lowest BCUT2D eigenvalue weighted by Gasteiger charge is -2.52. The summed E-state index contributed by atoms with van der Waals surface area (Å²) in [6.45, 7) is 2.04. The minimum absolute atomic E-state index is 0.0220. The summed E-state index contributed by atoms with van der Waals surface area (Å²) in [5, 5.41) is 2.76. The van der Waals surface area contributed by atoms with Crippen molar-refractivity contribution in [3.63, 3.8) is 0 Å². The van der Waals surface area contributed by atoms with Crippen molar-refractivity contribution < 1.29 is 13.2 Å². The number of pyridine rings is 1. The summed E-state index contributed by atoms with van der Waals surface area (Å²) in [5.41, 5.74) is 0.412. The fraction of sp³-hybridized carbons (Fsp3) is 0.625. The summed E-state index contributed by atoms with van der Waals surface area (Å²) >= 11 is 0. The molecule has 1 aromatic heterocycles. The summed E-state index contributed by atoms with van der Waals surface area (Å²) < 4.78 is 25.9. The van der Waals surface area contributed by atoms with E-state index < -0.39 is 15.4 Å². The van der Waals surface area contributed by atoms with Gasteiger partial charge in [-0.05, 0) is 24.5 Å². The Balaban J connectivity index is 1.86. The summed E-state index contributed by atoms with van der Waals surface area (Å²) in [6, 6.07) is 3.64. The number of nitrogens with one attached hydrogen (secondary N) is 1. The average Bonchev–Trinajstić information content (AvgIpc) is 2.59. The fourth-order valence-electron chi connectivity index (χ4n) is 4.06. The average molecular weight is 352 g/mol. The van der Waals surface area contributed by atoms with E-state index in [1.54, 1.807) is 20.3 Å². The number of carbonyl (C=O) groups is 1. The number of sulfonamides is 1. The van der Waals surface area contributed by atoms with Gasteiger partial charge in [0.05, 0.1) is 11.2 Å². The third-order valence-corrected chi connectivity index (χ3v) is 7.21. The van der Waals surface area contributed by atoms with Crippen LogP contribution in [0.25, 0.3) is 0 Å². The van der Waals surface area contributed by atoms with Crippen LogP contribution in [0.2, 0.25) is 0 Å². The van der Waals surface area contributed by atoms with Crippen molar-refractivity contribution in [1.29, 1.82) is 0 Å². The van der Waals surface area contributed by atoms with E-state index in [2.05, 4.69) is 15.2 Å². The molecule has 2 aliphatic rings. The van der Waals surface area contributed by atoms with Gasteiger partial charge in [0, 0.05) is 52.2 Å². The monoisotopic (exact) mass is 352 g/mol. The van der Waals surface area contributed by atoms with Gasteiger partial charge in [-0.15, -0.1) is 0 Å². The van der Waals surface area contributed by atoms with Crippen molar-refractivity contribution in [2.75, 3.05) is 32.9 Å². The maximum atomic E-state index is 12.7. The molecule has 0 bridgehead atoms. The van der Waals surface area contributed by atoms with E-state index in [0.717, 1.165) is 18.7 Å². The molecule has 2 aliphatic heterocycles. The number of amides is 1. The Morgan fingerprint density at radius 3 is 2.96 bits per heavy atom. The molecule has 2 atom stereocenters. The molecule has 3 rings (SSSR count). The molecule has 7 nitrogen and oxygen atoms in total. The van der Waals surface area contributed by atoms with Crippen molar-refractivity contribution in [3.8, 4) is 0 Å². The lowest BCUT2D eigenvalue weighted by Crippen LogP contribution is -2.66. The molecule has 132 valence electrons. The molecule has 2 fully saturated rings. The van der Waals surface area contributed by atoms with Crippen LogP contribution in [0.5, 0.6) is 0 Å². The predicted octanol–water partition coefficient (Wildman–Crippen LogP) is 0.0536. The fourth-order valence-corrected chi connectivity index (χ4v) is 5.66. The van der Waals surface area contributed by atoms with Gasteiger partial charge in [-0.1, -0.05) is 6.07 Å². The number of rotatable bonds is 3.